The highest BCUT2D eigenvalue weighted by atomic mass is 16.3. The molecule has 0 aliphatic rings. The van der Waals surface area contributed by atoms with Gasteiger partial charge < -0.3 is 4.42 Å². The molecule has 0 bridgehead atoms. The van der Waals surface area contributed by atoms with E-state index in [4.69, 9.17) is 9.68 Å². The van der Waals surface area contributed by atoms with Crippen LogP contribution in [-0.2, 0) is 0 Å². The molecule has 1 N–H and O–H groups in total. The van der Waals surface area contributed by atoms with Gasteiger partial charge in [0.2, 0.25) is 0 Å². The topological polar surface area (TPSA) is 102 Å². The number of H-pyrrole nitrogens is 1. The summed E-state index contributed by atoms with van der Waals surface area (Å²) < 4.78 is 5.89. The molecule has 27 heavy (non-hydrogen) atoms. The second-order valence-corrected chi connectivity index (χ2v) is 6.34. The van der Waals surface area contributed by atoms with E-state index < -0.39 is 0 Å². The number of aryl methyl sites for hydroxylation is 2. The molecule has 1 unspecified atom stereocenters. The number of furan rings is 1. The third-order valence-corrected chi connectivity index (χ3v) is 4.86. The fourth-order valence-corrected chi connectivity index (χ4v) is 3.41. The van der Waals surface area contributed by atoms with Crippen molar-refractivity contribution < 1.29 is 4.42 Å². The first-order chi connectivity index (χ1) is 13.1. The standard InChI is InChI=1S/C21H15N5O/c1-12-13(2)27-20-16(10-23)7-8-17(18(12)20)19(21-24-11-25-26-21)15-5-3-14(9-22)4-6-15/h3-8,11,19H,1-2H3,(H,24,25,26). The van der Waals surface area contributed by atoms with Gasteiger partial charge in [-0.05, 0) is 48.7 Å². The van der Waals surface area contributed by atoms with Crippen molar-refractivity contribution in [1.29, 1.82) is 10.5 Å². The van der Waals surface area contributed by atoms with Crippen LogP contribution in [0, 0.1) is 36.5 Å². The lowest BCUT2D eigenvalue weighted by Gasteiger charge is -2.17. The summed E-state index contributed by atoms with van der Waals surface area (Å²) in [4.78, 5) is 4.37. The van der Waals surface area contributed by atoms with Crippen molar-refractivity contribution in [3.05, 3.63) is 82.1 Å². The lowest BCUT2D eigenvalue weighted by atomic mass is 9.86. The van der Waals surface area contributed by atoms with E-state index in [0.717, 1.165) is 27.8 Å². The number of nitrogens with zero attached hydrogens (tertiary/aromatic N) is 4. The van der Waals surface area contributed by atoms with Crippen molar-refractivity contribution in [2.45, 2.75) is 19.8 Å². The molecule has 6 heteroatoms. The first-order valence-electron chi connectivity index (χ1n) is 8.42. The van der Waals surface area contributed by atoms with Crippen LogP contribution in [0.5, 0.6) is 0 Å². The van der Waals surface area contributed by atoms with Crippen molar-refractivity contribution >= 4 is 11.0 Å². The van der Waals surface area contributed by atoms with Crippen LogP contribution < -0.4 is 0 Å². The Bertz CT molecular complexity index is 1200. The molecule has 0 aliphatic heterocycles. The van der Waals surface area contributed by atoms with Gasteiger partial charge in [-0.2, -0.15) is 15.6 Å². The number of hydrogen-bond acceptors (Lipinski definition) is 5. The van der Waals surface area contributed by atoms with Gasteiger partial charge in [-0.15, -0.1) is 0 Å². The molecule has 0 spiro atoms. The molecule has 2 aromatic heterocycles. The number of aromatic nitrogens is 3. The average molecular weight is 353 g/mol. The van der Waals surface area contributed by atoms with Gasteiger partial charge in [0.1, 0.15) is 24.0 Å². The summed E-state index contributed by atoms with van der Waals surface area (Å²) in [6.45, 7) is 3.88. The Morgan fingerprint density at radius 2 is 1.81 bits per heavy atom. The van der Waals surface area contributed by atoms with Gasteiger partial charge in [0.25, 0.3) is 0 Å². The molecule has 2 heterocycles. The molecule has 4 aromatic rings. The fourth-order valence-electron chi connectivity index (χ4n) is 3.41. The first-order valence-corrected chi connectivity index (χ1v) is 8.42. The molecule has 0 amide bonds. The van der Waals surface area contributed by atoms with Gasteiger partial charge >= 0.3 is 0 Å². The SMILES string of the molecule is Cc1oc2c(C#N)ccc(C(c3ccc(C#N)cc3)c3ncn[nH]3)c2c1C. The number of nitrogens with one attached hydrogen (secondary N) is 1. The highest BCUT2D eigenvalue weighted by Gasteiger charge is 2.25. The second-order valence-electron chi connectivity index (χ2n) is 6.34. The predicted octanol–water partition coefficient (Wildman–Crippen LogP) is 4.09. The lowest BCUT2D eigenvalue weighted by Crippen LogP contribution is -2.07. The molecule has 0 saturated heterocycles. The fraction of sp³-hybridized carbons (Fsp3) is 0.143. The van der Waals surface area contributed by atoms with Crippen molar-refractivity contribution in [2.24, 2.45) is 0 Å². The van der Waals surface area contributed by atoms with Crippen LogP contribution in [0.25, 0.3) is 11.0 Å². The Balaban J connectivity index is 2.02. The van der Waals surface area contributed by atoms with Gasteiger partial charge in [-0.25, -0.2) is 4.98 Å². The molecule has 0 radical (unpaired) electrons. The van der Waals surface area contributed by atoms with Crippen LogP contribution in [0.3, 0.4) is 0 Å². The monoisotopic (exact) mass is 353 g/mol. The zero-order chi connectivity index (χ0) is 19.0. The minimum absolute atomic E-state index is 0.230. The van der Waals surface area contributed by atoms with E-state index in [1.54, 1.807) is 18.2 Å². The Hall–Kier alpha value is -3.90. The summed E-state index contributed by atoms with van der Waals surface area (Å²) in [5.41, 5.74) is 4.62. The van der Waals surface area contributed by atoms with Crippen LogP contribution >= 0.6 is 0 Å². The van der Waals surface area contributed by atoms with Crippen molar-refractivity contribution in [3.8, 4) is 12.1 Å². The summed E-state index contributed by atoms with van der Waals surface area (Å²) >= 11 is 0. The maximum Gasteiger partial charge on any atom is 0.152 e. The van der Waals surface area contributed by atoms with Gasteiger partial charge in [0.15, 0.2) is 5.58 Å². The zero-order valence-corrected chi connectivity index (χ0v) is 14.8. The minimum Gasteiger partial charge on any atom is -0.460 e. The summed E-state index contributed by atoms with van der Waals surface area (Å²) in [5, 5.41) is 26.4. The summed E-state index contributed by atoms with van der Waals surface area (Å²) in [6, 6.07) is 15.4. The van der Waals surface area contributed by atoms with Crippen LogP contribution in [0.2, 0.25) is 0 Å². The average Bonchev–Trinajstić information content (AvgIpc) is 3.32. The zero-order valence-electron chi connectivity index (χ0n) is 14.8. The summed E-state index contributed by atoms with van der Waals surface area (Å²) in [6.07, 6.45) is 1.47. The molecular formula is C21H15N5O. The molecule has 0 aliphatic carbocycles. The van der Waals surface area contributed by atoms with E-state index in [2.05, 4.69) is 27.3 Å². The Morgan fingerprint density at radius 1 is 1.04 bits per heavy atom. The largest absolute Gasteiger partial charge is 0.460 e. The van der Waals surface area contributed by atoms with Crippen LogP contribution in [0.1, 0.15) is 45.3 Å². The first kappa shape index (κ1) is 16.6. The molecule has 0 fully saturated rings. The van der Waals surface area contributed by atoms with Crippen molar-refractivity contribution in [1.82, 2.24) is 15.2 Å². The quantitative estimate of drug-likeness (QED) is 0.597. The molecule has 1 atom stereocenters. The maximum atomic E-state index is 9.45. The lowest BCUT2D eigenvalue weighted by molar-refractivity contribution is 0.574. The smallest absolute Gasteiger partial charge is 0.152 e. The van der Waals surface area contributed by atoms with Crippen LogP contribution in [0.4, 0.5) is 0 Å². The molecule has 6 nitrogen and oxygen atoms in total. The van der Waals surface area contributed by atoms with E-state index in [-0.39, 0.29) is 5.92 Å². The summed E-state index contributed by atoms with van der Waals surface area (Å²) in [5.74, 6) is 1.24. The van der Waals surface area contributed by atoms with Gasteiger partial charge in [-0.3, -0.25) is 5.10 Å². The minimum atomic E-state index is -0.230. The van der Waals surface area contributed by atoms with Crippen molar-refractivity contribution in [3.63, 3.8) is 0 Å². The third-order valence-electron chi connectivity index (χ3n) is 4.86. The number of nitriles is 2. The van der Waals surface area contributed by atoms with E-state index >= 15 is 0 Å². The Morgan fingerprint density at radius 3 is 2.44 bits per heavy atom. The Labute approximate surface area is 155 Å². The molecule has 0 saturated carbocycles. The predicted molar refractivity (Wildman–Crippen MR) is 98.9 cm³/mol. The third kappa shape index (κ3) is 2.65. The Kier molecular flexibility index (Phi) is 3.95. The molecule has 4 rings (SSSR count). The number of rotatable bonds is 3. The van der Waals surface area contributed by atoms with E-state index in [1.165, 1.54) is 6.33 Å². The number of benzene rings is 2. The molecule has 2 aromatic carbocycles. The van der Waals surface area contributed by atoms with Crippen LogP contribution in [0.15, 0.2) is 47.1 Å². The number of fused-ring (bicyclic) bond motifs is 1. The van der Waals surface area contributed by atoms with Gasteiger partial charge in [0, 0.05) is 5.39 Å². The van der Waals surface area contributed by atoms with E-state index in [9.17, 15) is 5.26 Å². The molecular weight excluding hydrogens is 338 g/mol. The van der Waals surface area contributed by atoms with Gasteiger partial charge in [-0.1, -0.05) is 18.2 Å². The van der Waals surface area contributed by atoms with Crippen LogP contribution in [-0.4, -0.2) is 15.2 Å². The normalized spacial score (nSPS) is 11.9. The number of hydrogen-bond donors (Lipinski definition) is 1. The highest BCUT2D eigenvalue weighted by Crippen LogP contribution is 2.39. The molecule has 130 valence electrons. The van der Waals surface area contributed by atoms with E-state index in [0.29, 0.717) is 22.5 Å². The highest BCUT2D eigenvalue weighted by molar-refractivity contribution is 5.91. The number of aromatic amines is 1. The van der Waals surface area contributed by atoms with E-state index in [1.807, 2.05) is 32.0 Å². The summed E-state index contributed by atoms with van der Waals surface area (Å²) in [7, 11) is 0. The van der Waals surface area contributed by atoms with Gasteiger partial charge in [0.05, 0.1) is 23.1 Å². The maximum absolute atomic E-state index is 9.45. The van der Waals surface area contributed by atoms with Crippen molar-refractivity contribution in [2.75, 3.05) is 0 Å². The second kappa shape index (κ2) is 6.44.